The highest BCUT2D eigenvalue weighted by Gasteiger charge is 2.31. The van der Waals surface area contributed by atoms with E-state index in [1.165, 1.54) is 11.3 Å². The van der Waals surface area contributed by atoms with Gasteiger partial charge in [0, 0.05) is 24.9 Å². The fourth-order valence-corrected chi connectivity index (χ4v) is 3.39. The summed E-state index contributed by atoms with van der Waals surface area (Å²) in [6.45, 7) is 0.666. The Morgan fingerprint density at radius 1 is 1.58 bits per heavy atom. The fraction of sp³-hybridized carbons (Fsp3) is 0.385. The second-order valence-electron chi connectivity index (χ2n) is 4.56. The molecule has 0 N–H and O–H groups in total. The van der Waals surface area contributed by atoms with Crippen molar-refractivity contribution in [2.45, 2.75) is 6.42 Å². The zero-order valence-corrected chi connectivity index (χ0v) is 12.0. The van der Waals surface area contributed by atoms with Crippen molar-refractivity contribution >= 4 is 44.2 Å². The fourth-order valence-electron chi connectivity index (χ4n) is 2.21. The van der Waals surface area contributed by atoms with Crippen LogP contribution in [-0.4, -0.2) is 30.4 Å². The van der Waals surface area contributed by atoms with Gasteiger partial charge in [-0.1, -0.05) is 11.3 Å². The van der Waals surface area contributed by atoms with Crippen molar-refractivity contribution in [3.05, 3.63) is 18.2 Å². The lowest BCUT2D eigenvalue weighted by Crippen LogP contribution is -2.24. The molecule has 100 valence electrons. The van der Waals surface area contributed by atoms with Gasteiger partial charge in [-0.15, -0.1) is 11.6 Å². The van der Waals surface area contributed by atoms with Crippen LogP contribution in [0.15, 0.2) is 18.2 Å². The monoisotopic (exact) mass is 296 g/mol. The number of carbonyl (C=O) groups is 1. The highest BCUT2D eigenvalue weighted by Crippen LogP contribution is 2.34. The maximum Gasteiger partial charge on any atom is 0.229 e. The third-order valence-corrected chi connectivity index (χ3v) is 4.73. The van der Waals surface area contributed by atoms with E-state index in [1.807, 2.05) is 18.2 Å². The summed E-state index contributed by atoms with van der Waals surface area (Å²) in [4.78, 5) is 18.2. The van der Waals surface area contributed by atoms with E-state index in [4.69, 9.17) is 16.3 Å². The Morgan fingerprint density at radius 2 is 2.42 bits per heavy atom. The Balaban J connectivity index is 1.95. The lowest BCUT2D eigenvalue weighted by Gasteiger charge is -2.11. The molecule has 0 radical (unpaired) electrons. The van der Waals surface area contributed by atoms with Crippen LogP contribution in [-0.2, 0) is 4.79 Å². The van der Waals surface area contributed by atoms with E-state index in [9.17, 15) is 4.79 Å². The average Bonchev–Trinajstić information content (AvgIpc) is 3.00. The van der Waals surface area contributed by atoms with Crippen LogP contribution >= 0.6 is 22.9 Å². The number of thiazole rings is 1. The topological polar surface area (TPSA) is 42.4 Å². The van der Waals surface area contributed by atoms with E-state index in [2.05, 4.69) is 4.98 Å². The van der Waals surface area contributed by atoms with Gasteiger partial charge in [-0.3, -0.25) is 9.69 Å². The van der Waals surface area contributed by atoms with Crippen LogP contribution in [0.3, 0.4) is 0 Å². The average molecular weight is 297 g/mol. The molecule has 3 rings (SSSR count). The van der Waals surface area contributed by atoms with Crippen LogP contribution in [0.25, 0.3) is 10.2 Å². The first kappa shape index (κ1) is 12.7. The number of rotatable bonds is 3. The number of amides is 1. The van der Waals surface area contributed by atoms with Crippen molar-refractivity contribution in [2.75, 3.05) is 24.4 Å². The smallest absolute Gasteiger partial charge is 0.229 e. The molecule has 1 aromatic heterocycles. The normalized spacial score (nSPS) is 19.4. The summed E-state index contributed by atoms with van der Waals surface area (Å²) in [5, 5.41) is 0.751. The van der Waals surface area contributed by atoms with E-state index in [-0.39, 0.29) is 11.8 Å². The number of benzene rings is 1. The maximum atomic E-state index is 12.0. The summed E-state index contributed by atoms with van der Waals surface area (Å²) < 4.78 is 6.23. The van der Waals surface area contributed by atoms with Crippen molar-refractivity contribution in [1.29, 1.82) is 0 Å². The van der Waals surface area contributed by atoms with E-state index in [1.54, 1.807) is 12.0 Å². The van der Waals surface area contributed by atoms with E-state index >= 15 is 0 Å². The molecule has 1 unspecified atom stereocenters. The van der Waals surface area contributed by atoms with Gasteiger partial charge in [-0.05, 0) is 18.1 Å². The maximum absolute atomic E-state index is 12.0. The molecule has 1 amide bonds. The lowest BCUT2D eigenvalue weighted by atomic mass is 10.2. The van der Waals surface area contributed by atoms with Crippen LogP contribution in [0.5, 0.6) is 5.75 Å². The molecule has 0 saturated carbocycles. The van der Waals surface area contributed by atoms with Gasteiger partial charge < -0.3 is 4.74 Å². The number of hydrogen-bond acceptors (Lipinski definition) is 4. The van der Waals surface area contributed by atoms with Crippen LogP contribution < -0.4 is 9.64 Å². The van der Waals surface area contributed by atoms with Gasteiger partial charge in [0.15, 0.2) is 5.13 Å². The highest BCUT2D eigenvalue weighted by molar-refractivity contribution is 7.22. The van der Waals surface area contributed by atoms with Gasteiger partial charge in [-0.25, -0.2) is 4.98 Å². The summed E-state index contributed by atoms with van der Waals surface area (Å²) >= 11 is 7.36. The Morgan fingerprint density at radius 3 is 3.11 bits per heavy atom. The van der Waals surface area contributed by atoms with Gasteiger partial charge in [0.1, 0.15) is 5.75 Å². The first-order valence-electron chi connectivity index (χ1n) is 6.02. The molecule has 0 bridgehead atoms. The molecule has 2 aromatic rings. The van der Waals surface area contributed by atoms with Crippen molar-refractivity contribution < 1.29 is 9.53 Å². The van der Waals surface area contributed by atoms with Crippen LogP contribution in [0, 0.1) is 5.92 Å². The number of nitrogens with zero attached hydrogens (tertiary/aromatic N) is 2. The second kappa shape index (κ2) is 4.98. The summed E-state index contributed by atoms with van der Waals surface area (Å²) in [7, 11) is 1.63. The zero-order chi connectivity index (χ0) is 13.4. The molecular weight excluding hydrogens is 284 g/mol. The van der Waals surface area contributed by atoms with Crippen molar-refractivity contribution in [1.82, 2.24) is 4.98 Å². The molecule has 6 heteroatoms. The van der Waals surface area contributed by atoms with Crippen LogP contribution in [0.4, 0.5) is 5.13 Å². The minimum atomic E-state index is 0.108. The van der Waals surface area contributed by atoms with Crippen LogP contribution in [0.2, 0.25) is 0 Å². The molecule has 1 aromatic carbocycles. The largest absolute Gasteiger partial charge is 0.497 e. The second-order valence-corrected chi connectivity index (χ2v) is 5.88. The Hall–Kier alpha value is -1.33. The standard InChI is InChI=1S/C13H13ClN2O2S/c1-18-9-2-3-11-10(5-9)15-13(19-11)16-7-8(6-14)4-12(16)17/h2-3,5,8H,4,6-7H2,1H3. The predicted octanol–water partition coefficient (Wildman–Crippen LogP) is 2.90. The first-order chi connectivity index (χ1) is 9.21. The van der Waals surface area contributed by atoms with Crippen molar-refractivity contribution in [2.24, 2.45) is 5.92 Å². The molecule has 0 aliphatic carbocycles. The van der Waals surface area contributed by atoms with Gasteiger partial charge in [0.2, 0.25) is 5.91 Å². The number of alkyl halides is 1. The number of halogens is 1. The number of fused-ring (bicyclic) bond motifs is 1. The number of carbonyl (C=O) groups excluding carboxylic acids is 1. The highest BCUT2D eigenvalue weighted by atomic mass is 35.5. The van der Waals surface area contributed by atoms with E-state index in [0.717, 1.165) is 21.1 Å². The molecule has 1 aliphatic rings. The molecular formula is C13H13ClN2O2S. The van der Waals surface area contributed by atoms with Crippen molar-refractivity contribution in [3.8, 4) is 5.75 Å². The van der Waals surface area contributed by atoms with E-state index in [0.29, 0.717) is 18.8 Å². The molecule has 1 aliphatic heterocycles. The molecule has 2 heterocycles. The zero-order valence-electron chi connectivity index (χ0n) is 10.4. The predicted molar refractivity (Wildman–Crippen MR) is 77.4 cm³/mol. The summed E-state index contributed by atoms with van der Waals surface area (Å²) in [5.74, 6) is 1.63. The summed E-state index contributed by atoms with van der Waals surface area (Å²) in [6, 6.07) is 5.75. The number of ether oxygens (including phenoxy) is 1. The molecule has 19 heavy (non-hydrogen) atoms. The lowest BCUT2D eigenvalue weighted by molar-refractivity contribution is -0.117. The van der Waals surface area contributed by atoms with Crippen molar-refractivity contribution in [3.63, 3.8) is 0 Å². The third kappa shape index (κ3) is 2.28. The summed E-state index contributed by atoms with van der Waals surface area (Å²) in [6.07, 6.45) is 0.517. The third-order valence-electron chi connectivity index (χ3n) is 3.24. The van der Waals surface area contributed by atoms with E-state index < -0.39 is 0 Å². The van der Waals surface area contributed by atoms with Gasteiger partial charge in [0.05, 0.1) is 17.3 Å². The van der Waals surface area contributed by atoms with Crippen LogP contribution in [0.1, 0.15) is 6.42 Å². The number of aromatic nitrogens is 1. The minimum absolute atomic E-state index is 0.108. The van der Waals surface area contributed by atoms with Gasteiger partial charge in [-0.2, -0.15) is 0 Å². The minimum Gasteiger partial charge on any atom is -0.497 e. The number of methoxy groups -OCH3 is 1. The Kier molecular flexibility index (Phi) is 3.33. The van der Waals surface area contributed by atoms with Gasteiger partial charge >= 0.3 is 0 Å². The Labute approximate surface area is 119 Å². The number of anilines is 1. The Bertz CT molecular complexity index is 628. The molecule has 4 nitrogen and oxygen atoms in total. The first-order valence-corrected chi connectivity index (χ1v) is 7.37. The SMILES string of the molecule is COc1ccc2sc(N3CC(CCl)CC3=O)nc2c1. The summed E-state index contributed by atoms with van der Waals surface area (Å²) in [5.41, 5.74) is 0.862. The van der Waals surface area contributed by atoms with Gasteiger partial charge in [0.25, 0.3) is 0 Å². The molecule has 1 atom stereocenters. The molecule has 1 fully saturated rings. The molecule has 0 spiro atoms. The quantitative estimate of drug-likeness (QED) is 0.818. The number of hydrogen-bond donors (Lipinski definition) is 0. The molecule has 1 saturated heterocycles.